The summed E-state index contributed by atoms with van der Waals surface area (Å²) in [7, 11) is 0. The fraction of sp³-hybridized carbons (Fsp3) is 0.833. The lowest BCUT2D eigenvalue weighted by Gasteiger charge is -2.05. The molecule has 1 rings (SSSR count). The lowest BCUT2D eigenvalue weighted by Crippen LogP contribution is -2.27. The molecule has 0 aromatic rings. The lowest BCUT2D eigenvalue weighted by molar-refractivity contribution is -0.137. The Morgan fingerprint density at radius 1 is 1.24 bits per heavy atom. The minimum Gasteiger partial charge on any atom is -0.481 e. The SMILES string of the molecule is O=C(O)CCCCC(=O)NCCOCC1CC1. The second kappa shape index (κ2) is 8.06. The van der Waals surface area contributed by atoms with Crippen molar-refractivity contribution in [3.8, 4) is 0 Å². The molecule has 0 aromatic carbocycles. The molecule has 0 bridgehead atoms. The zero-order valence-electron chi connectivity index (χ0n) is 10.1. The molecule has 0 spiro atoms. The first-order chi connectivity index (χ1) is 8.18. The van der Waals surface area contributed by atoms with Crippen molar-refractivity contribution in [2.75, 3.05) is 19.8 Å². The third-order valence-corrected chi connectivity index (χ3v) is 2.66. The van der Waals surface area contributed by atoms with Gasteiger partial charge in [0.2, 0.25) is 5.91 Å². The van der Waals surface area contributed by atoms with Gasteiger partial charge in [-0.3, -0.25) is 9.59 Å². The number of ether oxygens (including phenoxy) is 1. The van der Waals surface area contributed by atoms with Crippen LogP contribution in [0.4, 0.5) is 0 Å². The van der Waals surface area contributed by atoms with E-state index in [9.17, 15) is 9.59 Å². The molecule has 0 aromatic heterocycles. The van der Waals surface area contributed by atoms with E-state index in [1.165, 1.54) is 12.8 Å². The average Bonchev–Trinajstić information content (AvgIpc) is 3.07. The largest absolute Gasteiger partial charge is 0.481 e. The third-order valence-electron chi connectivity index (χ3n) is 2.66. The highest BCUT2D eigenvalue weighted by molar-refractivity contribution is 5.75. The summed E-state index contributed by atoms with van der Waals surface area (Å²) < 4.78 is 5.37. The number of amides is 1. The maximum atomic E-state index is 11.3. The molecule has 0 heterocycles. The van der Waals surface area contributed by atoms with Gasteiger partial charge >= 0.3 is 5.97 Å². The first-order valence-electron chi connectivity index (χ1n) is 6.24. The van der Waals surface area contributed by atoms with E-state index in [1.807, 2.05) is 0 Å². The molecule has 0 aliphatic heterocycles. The Labute approximate surface area is 102 Å². The molecule has 1 fully saturated rings. The molecule has 2 N–H and O–H groups in total. The van der Waals surface area contributed by atoms with Crippen LogP contribution in [-0.4, -0.2) is 36.7 Å². The number of rotatable bonds is 10. The number of nitrogens with one attached hydrogen (secondary N) is 1. The molecule has 17 heavy (non-hydrogen) atoms. The monoisotopic (exact) mass is 243 g/mol. The van der Waals surface area contributed by atoms with Crippen molar-refractivity contribution in [1.29, 1.82) is 0 Å². The van der Waals surface area contributed by atoms with Crippen molar-refractivity contribution >= 4 is 11.9 Å². The van der Waals surface area contributed by atoms with Crippen LogP contribution in [0.2, 0.25) is 0 Å². The van der Waals surface area contributed by atoms with Crippen molar-refractivity contribution in [3.05, 3.63) is 0 Å². The molecular formula is C12H21NO4. The van der Waals surface area contributed by atoms with Gasteiger partial charge in [-0.25, -0.2) is 0 Å². The number of carboxylic acid groups (broad SMARTS) is 1. The van der Waals surface area contributed by atoms with Gasteiger partial charge in [0.1, 0.15) is 0 Å². The first-order valence-corrected chi connectivity index (χ1v) is 6.24. The van der Waals surface area contributed by atoms with Crippen LogP contribution in [0, 0.1) is 5.92 Å². The second-order valence-electron chi connectivity index (χ2n) is 4.47. The Morgan fingerprint density at radius 2 is 1.94 bits per heavy atom. The van der Waals surface area contributed by atoms with Gasteiger partial charge < -0.3 is 15.2 Å². The highest BCUT2D eigenvalue weighted by Gasteiger charge is 2.20. The quantitative estimate of drug-likeness (QED) is 0.565. The predicted molar refractivity (Wildman–Crippen MR) is 62.7 cm³/mol. The van der Waals surface area contributed by atoms with Crippen molar-refractivity contribution < 1.29 is 19.4 Å². The van der Waals surface area contributed by atoms with Crippen molar-refractivity contribution in [2.45, 2.75) is 38.5 Å². The highest BCUT2D eigenvalue weighted by Crippen LogP contribution is 2.28. The summed E-state index contributed by atoms with van der Waals surface area (Å²) in [5.41, 5.74) is 0. The van der Waals surface area contributed by atoms with Crippen molar-refractivity contribution in [1.82, 2.24) is 5.32 Å². The van der Waals surface area contributed by atoms with Gasteiger partial charge in [-0.1, -0.05) is 0 Å². The van der Waals surface area contributed by atoms with E-state index < -0.39 is 5.97 Å². The standard InChI is InChI=1S/C12H21NO4/c14-11(3-1-2-4-12(15)16)13-7-8-17-9-10-5-6-10/h10H,1-9H2,(H,13,14)(H,15,16). The summed E-state index contributed by atoms with van der Waals surface area (Å²) in [5.74, 6) is -0.0778. The summed E-state index contributed by atoms with van der Waals surface area (Å²) in [6.07, 6.45) is 4.27. The predicted octanol–water partition coefficient (Wildman–Crippen LogP) is 1.17. The van der Waals surface area contributed by atoms with Crippen LogP contribution in [0.15, 0.2) is 0 Å². The Morgan fingerprint density at radius 3 is 2.59 bits per heavy atom. The molecule has 0 atom stereocenters. The maximum absolute atomic E-state index is 11.3. The molecule has 0 radical (unpaired) electrons. The Hall–Kier alpha value is -1.10. The normalized spacial score (nSPS) is 14.6. The maximum Gasteiger partial charge on any atom is 0.303 e. The van der Waals surface area contributed by atoms with Crippen LogP contribution in [0.25, 0.3) is 0 Å². The zero-order chi connectivity index (χ0) is 12.5. The minimum absolute atomic E-state index is 0.0228. The van der Waals surface area contributed by atoms with E-state index in [0.29, 0.717) is 32.4 Å². The van der Waals surface area contributed by atoms with Gasteiger partial charge in [0.25, 0.3) is 0 Å². The summed E-state index contributed by atoms with van der Waals surface area (Å²) in [6.45, 7) is 1.93. The topological polar surface area (TPSA) is 75.6 Å². The number of aliphatic carboxylic acids is 1. The third kappa shape index (κ3) is 8.68. The van der Waals surface area contributed by atoms with Gasteiger partial charge in [0, 0.05) is 26.0 Å². The van der Waals surface area contributed by atoms with Crippen LogP contribution in [0.5, 0.6) is 0 Å². The zero-order valence-corrected chi connectivity index (χ0v) is 10.1. The van der Waals surface area contributed by atoms with Gasteiger partial charge in [-0.15, -0.1) is 0 Å². The molecular weight excluding hydrogens is 222 g/mol. The number of hydrogen-bond acceptors (Lipinski definition) is 3. The molecule has 1 amide bonds. The van der Waals surface area contributed by atoms with Crippen LogP contribution >= 0.6 is 0 Å². The van der Waals surface area contributed by atoms with E-state index in [-0.39, 0.29) is 12.3 Å². The van der Waals surface area contributed by atoms with Crippen molar-refractivity contribution in [3.63, 3.8) is 0 Å². The minimum atomic E-state index is -0.807. The van der Waals surface area contributed by atoms with Gasteiger partial charge in [-0.2, -0.15) is 0 Å². The molecule has 5 nitrogen and oxygen atoms in total. The molecule has 1 saturated carbocycles. The van der Waals surface area contributed by atoms with Crippen LogP contribution in [0.1, 0.15) is 38.5 Å². The lowest BCUT2D eigenvalue weighted by atomic mass is 10.2. The summed E-state index contributed by atoms with van der Waals surface area (Å²) >= 11 is 0. The Bertz CT molecular complexity index is 251. The fourth-order valence-electron chi connectivity index (χ4n) is 1.45. The summed E-state index contributed by atoms with van der Waals surface area (Å²) in [6, 6.07) is 0. The Kier molecular flexibility index (Phi) is 6.62. The number of carbonyl (C=O) groups is 2. The van der Waals surface area contributed by atoms with E-state index in [1.54, 1.807) is 0 Å². The van der Waals surface area contributed by atoms with E-state index in [2.05, 4.69) is 5.32 Å². The second-order valence-corrected chi connectivity index (χ2v) is 4.47. The first kappa shape index (κ1) is 14.0. The van der Waals surface area contributed by atoms with Gasteiger partial charge in [-0.05, 0) is 31.6 Å². The molecule has 1 aliphatic carbocycles. The Balaban J connectivity index is 1.81. The van der Waals surface area contributed by atoms with Crippen LogP contribution in [-0.2, 0) is 14.3 Å². The smallest absolute Gasteiger partial charge is 0.303 e. The molecule has 5 heteroatoms. The molecule has 0 saturated heterocycles. The number of carboxylic acids is 1. The highest BCUT2D eigenvalue weighted by atomic mass is 16.5. The van der Waals surface area contributed by atoms with E-state index >= 15 is 0 Å². The summed E-state index contributed by atoms with van der Waals surface area (Å²) in [4.78, 5) is 21.5. The molecule has 0 unspecified atom stereocenters. The van der Waals surface area contributed by atoms with Crippen molar-refractivity contribution in [2.24, 2.45) is 5.92 Å². The van der Waals surface area contributed by atoms with Crippen LogP contribution in [0.3, 0.4) is 0 Å². The molecule has 98 valence electrons. The summed E-state index contributed by atoms with van der Waals surface area (Å²) in [5, 5.41) is 11.2. The average molecular weight is 243 g/mol. The van der Waals surface area contributed by atoms with Crippen LogP contribution < -0.4 is 5.32 Å². The fourth-order valence-corrected chi connectivity index (χ4v) is 1.45. The van der Waals surface area contributed by atoms with E-state index in [4.69, 9.17) is 9.84 Å². The number of hydrogen-bond donors (Lipinski definition) is 2. The number of carbonyl (C=O) groups excluding carboxylic acids is 1. The molecule has 1 aliphatic rings. The number of unbranched alkanes of at least 4 members (excludes halogenated alkanes) is 1. The van der Waals surface area contributed by atoms with Gasteiger partial charge in [0.05, 0.1) is 6.61 Å². The van der Waals surface area contributed by atoms with Gasteiger partial charge in [0.15, 0.2) is 0 Å². The van der Waals surface area contributed by atoms with E-state index in [0.717, 1.165) is 12.5 Å².